The summed E-state index contributed by atoms with van der Waals surface area (Å²) in [5, 5.41) is 0.341. The van der Waals surface area contributed by atoms with Crippen molar-refractivity contribution in [3.63, 3.8) is 0 Å². The Morgan fingerprint density at radius 1 is 1.42 bits per heavy atom. The first-order valence-electron chi connectivity index (χ1n) is 2.79. The van der Waals surface area contributed by atoms with Gasteiger partial charge in [-0.3, -0.25) is 11.7 Å². The van der Waals surface area contributed by atoms with Gasteiger partial charge in [0.15, 0.2) is 10.9 Å². The molecule has 0 amide bonds. The molecule has 0 spiro atoms. The maximum atomic E-state index is 5.57. The van der Waals surface area contributed by atoms with Crippen LogP contribution in [-0.2, 0) is 0 Å². The highest BCUT2D eigenvalue weighted by Crippen LogP contribution is 2.20. The predicted octanol–water partition coefficient (Wildman–Crippen LogP) is 0.611. The fraction of sp³-hybridized carbons (Fsp3) is 0.200. The smallest absolute Gasteiger partial charge is 0.224 e. The molecule has 4 N–H and O–H groups in total. The van der Waals surface area contributed by atoms with Crippen LogP contribution in [0.15, 0.2) is 6.20 Å². The van der Waals surface area contributed by atoms with Gasteiger partial charge in [0.2, 0.25) is 5.28 Å². The number of hydrogen-bond donors (Lipinski definition) is 2. The Hall–Kier alpha value is -0.620. The highest BCUT2D eigenvalue weighted by Gasteiger charge is 2.01. The number of aromatic nitrogens is 2. The number of nitrogens with two attached hydrogens (primary N) is 2. The fourth-order valence-electron chi connectivity index (χ4n) is 0.467. The Bertz CT molecular complexity index is 245. The van der Waals surface area contributed by atoms with Crippen LogP contribution in [0.25, 0.3) is 0 Å². The summed E-state index contributed by atoms with van der Waals surface area (Å²) >= 11 is 11.0. The largest absolute Gasteiger partial charge is 0.492 e. The van der Waals surface area contributed by atoms with Gasteiger partial charge in [-0.1, -0.05) is 11.6 Å². The molecule has 0 atom stereocenters. The van der Waals surface area contributed by atoms with E-state index in [9.17, 15) is 0 Å². The number of rotatable bonds is 1. The summed E-state index contributed by atoms with van der Waals surface area (Å²) in [7, 11) is 1.48. The number of ether oxygens (including phenoxy) is 1. The molecule has 0 unspecified atom stereocenters. The third kappa shape index (κ3) is 3.19. The van der Waals surface area contributed by atoms with Gasteiger partial charge in [0.05, 0.1) is 13.3 Å². The van der Waals surface area contributed by atoms with Crippen molar-refractivity contribution in [3.8, 4) is 5.75 Å². The summed E-state index contributed by atoms with van der Waals surface area (Å²) in [5.74, 6) is 8.42. The van der Waals surface area contributed by atoms with Gasteiger partial charge >= 0.3 is 0 Å². The van der Waals surface area contributed by atoms with Gasteiger partial charge in [0, 0.05) is 0 Å². The van der Waals surface area contributed by atoms with E-state index in [0.29, 0.717) is 5.75 Å². The van der Waals surface area contributed by atoms with Crippen LogP contribution < -0.4 is 16.4 Å². The van der Waals surface area contributed by atoms with E-state index in [0.717, 1.165) is 0 Å². The Labute approximate surface area is 79.6 Å². The lowest BCUT2D eigenvalue weighted by molar-refractivity contribution is 0.411. The molecule has 7 heteroatoms. The molecular formula is C5H8Cl2N4O. The minimum absolute atomic E-state index is 0.116. The van der Waals surface area contributed by atoms with Crippen molar-refractivity contribution in [2.75, 3.05) is 7.11 Å². The lowest BCUT2D eigenvalue weighted by Crippen LogP contribution is -2.02. The molecule has 12 heavy (non-hydrogen) atoms. The van der Waals surface area contributed by atoms with E-state index in [1.54, 1.807) is 0 Å². The van der Waals surface area contributed by atoms with Crippen LogP contribution >= 0.6 is 23.2 Å². The number of halogens is 2. The number of nitrogens with zero attached hydrogens (tertiary/aromatic N) is 2. The Kier molecular flexibility index (Phi) is 5.65. The van der Waals surface area contributed by atoms with E-state index < -0.39 is 0 Å². The van der Waals surface area contributed by atoms with Gasteiger partial charge in [-0.2, -0.15) is 0 Å². The fourth-order valence-corrected chi connectivity index (χ4v) is 0.850. The van der Waals surface area contributed by atoms with E-state index >= 15 is 0 Å². The Morgan fingerprint density at radius 3 is 2.42 bits per heavy atom. The second kappa shape index (κ2) is 5.96. The summed E-state index contributed by atoms with van der Waals surface area (Å²) < 4.78 is 4.78. The van der Waals surface area contributed by atoms with Gasteiger partial charge in [0.1, 0.15) is 0 Å². The zero-order valence-corrected chi connectivity index (χ0v) is 7.80. The molecule has 0 fully saturated rings. The molecule has 1 aromatic heterocycles. The zero-order chi connectivity index (χ0) is 9.56. The van der Waals surface area contributed by atoms with Gasteiger partial charge in [-0.05, 0) is 11.6 Å². The lowest BCUT2D eigenvalue weighted by Gasteiger charge is -1.98. The third-order valence-corrected chi connectivity index (χ3v) is 1.35. The molecule has 1 rings (SSSR count). The SMILES string of the molecule is COc1cnc(Cl)nc1Cl.NN. The normalized spacial score (nSPS) is 8.42. The number of methoxy groups -OCH3 is 1. The van der Waals surface area contributed by atoms with Crippen molar-refractivity contribution in [1.82, 2.24) is 9.97 Å². The molecule has 0 aliphatic rings. The van der Waals surface area contributed by atoms with Crippen molar-refractivity contribution < 1.29 is 4.74 Å². The molecule has 68 valence electrons. The van der Waals surface area contributed by atoms with Crippen LogP contribution in [0.1, 0.15) is 0 Å². The molecule has 0 aliphatic heterocycles. The quantitative estimate of drug-likeness (QED) is 0.307. The molecule has 1 aromatic rings. The van der Waals surface area contributed by atoms with Crippen molar-refractivity contribution in [2.24, 2.45) is 11.7 Å². The van der Waals surface area contributed by atoms with Crippen LogP contribution in [0, 0.1) is 0 Å². The molecule has 0 saturated heterocycles. The second-order valence-corrected chi connectivity index (χ2v) is 2.19. The lowest BCUT2D eigenvalue weighted by atomic mass is 10.6. The predicted molar refractivity (Wildman–Crippen MR) is 47.0 cm³/mol. The highest BCUT2D eigenvalue weighted by molar-refractivity contribution is 6.32. The van der Waals surface area contributed by atoms with Crippen molar-refractivity contribution >= 4 is 23.2 Å². The minimum Gasteiger partial charge on any atom is -0.492 e. The maximum Gasteiger partial charge on any atom is 0.224 e. The summed E-state index contributed by atoms with van der Waals surface area (Å²) in [6.07, 6.45) is 1.41. The van der Waals surface area contributed by atoms with Crippen LogP contribution in [0.5, 0.6) is 5.75 Å². The Morgan fingerprint density at radius 2 is 2.00 bits per heavy atom. The number of hydrogen-bond acceptors (Lipinski definition) is 5. The molecule has 5 nitrogen and oxygen atoms in total. The van der Waals surface area contributed by atoms with E-state index in [1.807, 2.05) is 0 Å². The van der Waals surface area contributed by atoms with Crippen LogP contribution in [-0.4, -0.2) is 17.1 Å². The summed E-state index contributed by atoms with van der Waals surface area (Å²) in [6.45, 7) is 0. The van der Waals surface area contributed by atoms with Gasteiger partial charge in [0.25, 0.3) is 0 Å². The molecule has 1 heterocycles. The van der Waals surface area contributed by atoms with Gasteiger partial charge in [-0.25, -0.2) is 9.97 Å². The summed E-state index contributed by atoms with van der Waals surface area (Å²) in [4.78, 5) is 7.29. The summed E-state index contributed by atoms with van der Waals surface area (Å²) in [6, 6.07) is 0. The van der Waals surface area contributed by atoms with E-state index in [-0.39, 0.29) is 10.4 Å². The molecule has 0 aromatic carbocycles. The van der Waals surface area contributed by atoms with E-state index in [2.05, 4.69) is 21.7 Å². The average Bonchev–Trinajstić information content (AvgIpc) is 2.08. The summed E-state index contributed by atoms with van der Waals surface area (Å²) in [5.41, 5.74) is 0. The first kappa shape index (κ1) is 11.4. The first-order chi connectivity index (χ1) is 5.74. The molecule has 0 saturated carbocycles. The third-order valence-electron chi connectivity index (χ3n) is 0.902. The van der Waals surface area contributed by atoms with E-state index in [4.69, 9.17) is 27.9 Å². The Balaban J connectivity index is 0.000000561. The number of hydrazine groups is 1. The first-order valence-corrected chi connectivity index (χ1v) is 3.55. The van der Waals surface area contributed by atoms with Crippen molar-refractivity contribution in [2.45, 2.75) is 0 Å². The topological polar surface area (TPSA) is 87.0 Å². The minimum atomic E-state index is 0.116. The molecule has 0 radical (unpaired) electrons. The standard InChI is InChI=1S/C5H4Cl2N2O.H4N2/c1-10-3-2-8-5(7)9-4(3)6;1-2/h2H,1H3;1-2H2. The van der Waals surface area contributed by atoms with Crippen LogP contribution in [0.4, 0.5) is 0 Å². The maximum absolute atomic E-state index is 5.57. The van der Waals surface area contributed by atoms with E-state index in [1.165, 1.54) is 13.3 Å². The highest BCUT2D eigenvalue weighted by atomic mass is 35.5. The molecule has 0 aliphatic carbocycles. The monoisotopic (exact) mass is 210 g/mol. The van der Waals surface area contributed by atoms with Crippen molar-refractivity contribution in [1.29, 1.82) is 0 Å². The second-order valence-electron chi connectivity index (χ2n) is 1.50. The van der Waals surface area contributed by atoms with Gasteiger partial charge < -0.3 is 4.74 Å². The van der Waals surface area contributed by atoms with Crippen molar-refractivity contribution in [3.05, 3.63) is 16.6 Å². The van der Waals surface area contributed by atoms with Crippen LogP contribution in [0.2, 0.25) is 10.4 Å². The zero-order valence-electron chi connectivity index (χ0n) is 6.29. The van der Waals surface area contributed by atoms with Gasteiger partial charge in [-0.15, -0.1) is 0 Å². The average molecular weight is 211 g/mol. The van der Waals surface area contributed by atoms with Crippen LogP contribution in [0.3, 0.4) is 0 Å². The molecule has 0 bridgehead atoms. The molecular weight excluding hydrogens is 203 g/mol.